The van der Waals surface area contributed by atoms with Gasteiger partial charge in [-0.15, -0.1) is 11.3 Å². The molecule has 0 spiro atoms. The summed E-state index contributed by atoms with van der Waals surface area (Å²) in [7, 11) is 0. The molecule has 0 saturated carbocycles. The second-order valence-electron chi connectivity index (χ2n) is 3.57. The Labute approximate surface area is 71.7 Å². The molecule has 0 radical (unpaired) electrons. The first-order chi connectivity index (χ1) is 5.08. The summed E-state index contributed by atoms with van der Waals surface area (Å²) in [6.45, 7) is 7.41. The van der Waals surface area contributed by atoms with Gasteiger partial charge in [-0.1, -0.05) is 0 Å². The highest BCUT2D eigenvalue weighted by Gasteiger charge is 2.08. The van der Waals surface area contributed by atoms with E-state index in [-0.39, 0.29) is 5.54 Å². The summed E-state index contributed by atoms with van der Waals surface area (Å²) < 4.78 is 0. The summed E-state index contributed by atoms with van der Waals surface area (Å²) in [6, 6.07) is 0. The van der Waals surface area contributed by atoms with Crippen LogP contribution in [0.3, 0.4) is 0 Å². The third-order valence-electron chi connectivity index (χ3n) is 1.28. The molecule has 11 heavy (non-hydrogen) atoms. The van der Waals surface area contributed by atoms with Crippen LogP contribution in [-0.2, 0) is 6.54 Å². The fourth-order valence-corrected chi connectivity index (χ4v) is 1.22. The smallest absolute Gasteiger partial charge is 0.0794 e. The van der Waals surface area contributed by atoms with Gasteiger partial charge < -0.3 is 5.32 Å². The van der Waals surface area contributed by atoms with Gasteiger partial charge in [0.1, 0.15) is 0 Å². The van der Waals surface area contributed by atoms with Crippen molar-refractivity contribution in [1.29, 1.82) is 0 Å². The number of hydrogen-bond donors (Lipinski definition) is 1. The fourth-order valence-electron chi connectivity index (χ4n) is 0.682. The Bertz CT molecular complexity index is 198. The zero-order valence-electron chi connectivity index (χ0n) is 7.22. The van der Waals surface area contributed by atoms with Crippen molar-refractivity contribution in [3.63, 3.8) is 0 Å². The highest BCUT2D eigenvalue weighted by molar-refractivity contribution is 7.09. The molecule has 1 aromatic heterocycles. The maximum Gasteiger partial charge on any atom is 0.0794 e. The van der Waals surface area contributed by atoms with E-state index in [4.69, 9.17) is 0 Å². The normalized spacial score (nSPS) is 11.9. The highest BCUT2D eigenvalue weighted by Crippen LogP contribution is 2.07. The molecule has 1 aromatic rings. The van der Waals surface area contributed by atoms with E-state index in [0.717, 1.165) is 6.54 Å². The quantitative estimate of drug-likeness (QED) is 0.734. The standard InChI is InChI=1S/C8H14N2S/c1-8(2,3)10-5-7-4-9-6-11-7/h4,6,10H,5H2,1-3H3. The first kappa shape index (κ1) is 8.68. The lowest BCUT2D eigenvalue weighted by atomic mass is 10.1. The summed E-state index contributed by atoms with van der Waals surface area (Å²) in [4.78, 5) is 5.29. The van der Waals surface area contributed by atoms with Crippen molar-refractivity contribution in [2.45, 2.75) is 32.9 Å². The van der Waals surface area contributed by atoms with Gasteiger partial charge in [-0.3, -0.25) is 4.98 Å². The van der Waals surface area contributed by atoms with Crippen molar-refractivity contribution < 1.29 is 0 Å². The Balaban J connectivity index is 2.35. The Morgan fingerprint density at radius 1 is 1.55 bits per heavy atom. The Kier molecular flexibility index (Phi) is 2.62. The van der Waals surface area contributed by atoms with Crippen molar-refractivity contribution in [3.05, 3.63) is 16.6 Å². The molecule has 1 heterocycles. The minimum atomic E-state index is 0.198. The van der Waals surface area contributed by atoms with Gasteiger partial charge in [0, 0.05) is 23.2 Å². The van der Waals surface area contributed by atoms with E-state index < -0.39 is 0 Å². The van der Waals surface area contributed by atoms with Gasteiger partial charge in [0.15, 0.2) is 0 Å². The molecule has 0 atom stereocenters. The van der Waals surface area contributed by atoms with E-state index in [1.165, 1.54) is 4.88 Å². The number of rotatable bonds is 2. The molecule has 2 nitrogen and oxygen atoms in total. The first-order valence-electron chi connectivity index (χ1n) is 3.70. The molecule has 0 bridgehead atoms. The lowest BCUT2D eigenvalue weighted by Crippen LogP contribution is -2.34. The second-order valence-corrected chi connectivity index (χ2v) is 4.54. The van der Waals surface area contributed by atoms with E-state index in [2.05, 4.69) is 31.1 Å². The second kappa shape index (κ2) is 3.32. The SMILES string of the molecule is CC(C)(C)NCc1cncs1. The topological polar surface area (TPSA) is 24.9 Å². The molecule has 0 unspecified atom stereocenters. The van der Waals surface area contributed by atoms with Crippen LogP contribution in [-0.4, -0.2) is 10.5 Å². The van der Waals surface area contributed by atoms with Crippen LogP contribution in [0.4, 0.5) is 0 Å². The van der Waals surface area contributed by atoms with Gasteiger partial charge >= 0.3 is 0 Å². The molecule has 1 rings (SSSR count). The molecule has 3 heteroatoms. The summed E-state index contributed by atoms with van der Waals surface area (Å²) in [6.07, 6.45) is 1.91. The zero-order valence-corrected chi connectivity index (χ0v) is 8.03. The molecule has 0 aliphatic carbocycles. The molecular formula is C8H14N2S. The predicted molar refractivity (Wildman–Crippen MR) is 48.7 cm³/mol. The number of nitrogens with one attached hydrogen (secondary N) is 1. The van der Waals surface area contributed by atoms with Gasteiger partial charge in [0.05, 0.1) is 5.51 Å². The van der Waals surface area contributed by atoms with Crippen molar-refractivity contribution in [2.24, 2.45) is 0 Å². The van der Waals surface area contributed by atoms with Crippen molar-refractivity contribution in [2.75, 3.05) is 0 Å². The molecule has 0 aromatic carbocycles. The van der Waals surface area contributed by atoms with Crippen LogP contribution in [0.15, 0.2) is 11.7 Å². The van der Waals surface area contributed by atoms with Crippen LogP contribution in [0.25, 0.3) is 0 Å². The summed E-state index contributed by atoms with van der Waals surface area (Å²) >= 11 is 1.69. The van der Waals surface area contributed by atoms with Crippen LogP contribution in [0.5, 0.6) is 0 Å². The molecule has 62 valence electrons. The van der Waals surface area contributed by atoms with Crippen molar-refractivity contribution >= 4 is 11.3 Å². The monoisotopic (exact) mass is 170 g/mol. The minimum Gasteiger partial charge on any atom is -0.307 e. The van der Waals surface area contributed by atoms with Crippen LogP contribution in [0.2, 0.25) is 0 Å². The fraction of sp³-hybridized carbons (Fsp3) is 0.625. The lowest BCUT2D eigenvalue weighted by Gasteiger charge is -2.19. The molecular weight excluding hydrogens is 156 g/mol. The number of hydrogen-bond acceptors (Lipinski definition) is 3. The van der Waals surface area contributed by atoms with Gasteiger partial charge in [0.2, 0.25) is 0 Å². The van der Waals surface area contributed by atoms with Crippen LogP contribution in [0.1, 0.15) is 25.6 Å². The largest absolute Gasteiger partial charge is 0.307 e. The molecule has 0 saturated heterocycles. The summed E-state index contributed by atoms with van der Waals surface area (Å²) in [5.74, 6) is 0. The van der Waals surface area contributed by atoms with Gasteiger partial charge in [0.25, 0.3) is 0 Å². The van der Waals surface area contributed by atoms with Crippen LogP contribution >= 0.6 is 11.3 Å². The zero-order chi connectivity index (χ0) is 8.32. The first-order valence-corrected chi connectivity index (χ1v) is 4.58. The predicted octanol–water partition coefficient (Wildman–Crippen LogP) is 2.03. The minimum absolute atomic E-state index is 0.198. The van der Waals surface area contributed by atoms with E-state index >= 15 is 0 Å². The van der Waals surface area contributed by atoms with Crippen molar-refractivity contribution in [1.82, 2.24) is 10.3 Å². The van der Waals surface area contributed by atoms with E-state index in [1.807, 2.05) is 11.7 Å². The summed E-state index contributed by atoms with van der Waals surface area (Å²) in [5.41, 5.74) is 2.06. The third kappa shape index (κ3) is 3.49. The van der Waals surface area contributed by atoms with Crippen LogP contribution < -0.4 is 5.32 Å². The van der Waals surface area contributed by atoms with Gasteiger partial charge in [-0.05, 0) is 20.8 Å². The number of aromatic nitrogens is 1. The average Bonchev–Trinajstić information content (AvgIpc) is 2.32. The van der Waals surface area contributed by atoms with Gasteiger partial charge in [-0.25, -0.2) is 0 Å². The van der Waals surface area contributed by atoms with Crippen molar-refractivity contribution in [3.8, 4) is 0 Å². The third-order valence-corrected chi connectivity index (χ3v) is 2.06. The molecule has 0 fully saturated rings. The molecule has 1 N–H and O–H groups in total. The Hall–Kier alpha value is -0.410. The van der Waals surface area contributed by atoms with Gasteiger partial charge in [-0.2, -0.15) is 0 Å². The Morgan fingerprint density at radius 3 is 2.73 bits per heavy atom. The molecule has 0 aliphatic rings. The van der Waals surface area contributed by atoms with E-state index in [0.29, 0.717) is 0 Å². The number of thiazole rings is 1. The summed E-state index contributed by atoms with van der Waals surface area (Å²) in [5, 5.41) is 3.39. The van der Waals surface area contributed by atoms with E-state index in [1.54, 1.807) is 11.3 Å². The maximum absolute atomic E-state index is 4.00. The van der Waals surface area contributed by atoms with E-state index in [9.17, 15) is 0 Å². The maximum atomic E-state index is 4.00. The Morgan fingerprint density at radius 2 is 2.27 bits per heavy atom. The lowest BCUT2D eigenvalue weighted by molar-refractivity contribution is 0.426. The average molecular weight is 170 g/mol. The number of nitrogens with zero attached hydrogens (tertiary/aromatic N) is 1. The highest BCUT2D eigenvalue weighted by atomic mass is 32.1. The molecule has 0 amide bonds. The molecule has 0 aliphatic heterocycles. The van der Waals surface area contributed by atoms with Crippen LogP contribution in [0, 0.1) is 0 Å².